The molecule has 0 fully saturated rings. The number of aromatic hydroxyl groups is 1. The molecule has 0 atom stereocenters. The van der Waals surface area contributed by atoms with E-state index in [0.717, 1.165) is 27.5 Å². The minimum absolute atomic E-state index is 0.115. The molecule has 1 aromatic heterocycles. The van der Waals surface area contributed by atoms with E-state index in [-0.39, 0.29) is 11.2 Å². The summed E-state index contributed by atoms with van der Waals surface area (Å²) in [6.45, 7) is 6.41. The number of pyridine rings is 1. The Bertz CT molecular complexity index is 558. The smallest absolute Gasteiger partial charge is 0.137 e. The zero-order chi connectivity index (χ0) is 12.6. The van der Waals surface area contributed by atoms with Gasteiger partial charge in [-0.25, -0.2) is 4.98 Å². The van der Waals surface area contributed by atoms with Crippen LogP contribution in [0.25, 0.3) is 10.9 Å². The average molecular weight is 294 g/mol. The van der Waals surface area contributed by atoms with Crippen LogP contribution in [0.1, 0.15) is 26.5 Å². The fourth-order valence-electron chi connectivity index (χ4n) is 1.82. The van der Waals surface area contributed by atoms with Gasteiger partial charge in [-0.1, -0.05) is 42.8 Å². The molecule has 0 spiro atoms. The number of nitrogens with zero attached hydrogens (tertiary/aromatic N) is 1. The maximum atomic E-state index is 10.0. The third-order valence-corrected chi connectivity index (χ3v) is 3.25. The van der Waals surface area contributed by atoms with Gasteiger partial charge in [-0.2, -0.15) is 0 Å². The molecule has 1 heterocycles. The van der Waals surface area contributed by atoms with Crippen LogP contribution in [-0.2, 0) is 6.42 Å². The lowest BCUT2D eigenvalue weighted by molar-refractivity contribution is 0.389. The predicted octanol–water partition coefficient (Wildman–Crippen LogP) is 4.29. The number of benzene rings is 1. The topological polar surface area (TPSA) is 33.1 Å². The van der Waals surface area contributed by atoms with Crippen molar-refractivity contribution < 1.29 is 5.11 Å². The standard InChI is InChI=1S/C14H16BrNO/c1-14(2,3)8-12-13(17)7-9-10(15)5-4-6-11(9)16-12/h4-7,17H,8H2,1-3H3. The van der Waals surface area contributed by atoms with Crippen LogP contribution in [0, 0.1) is 5.41 Å². The van der Waals surface area contributed by atoms with E-state index in [1.807, 2.05) is 18.2 Å². The Morgan fingerprint density at radius 2 is 2.00 bits per heavy atom. The third kappa shape index (κ3) is 2.78. The Labute approximate surface area is 110 Å². The van der Waals surface area contributed by atoms with Crippen molar-refractivity contribution in [1.82, 2.24) is 4.98 Å². The molecule has 2 nitrogen and oxygen atoms in total. The molecule has 0 unspecified atom stereocenters. The molecule has 2 rings (SSSR count). The SMILES string of the molecule is CC(C)(C)Cc1nc2cccc(Br)c2cc1O. The molecule has 0 aliphatic carbocycles. The van der Waals surface area contributed by atoms with Crippen LogP contribution in [0.5, 0.6) is 5.75 Å². The number of aromatic nitrogens is 1. The molecule has 0 bridgehead atoms. The van der Waals surface area contributed by atoms with Gasteiger partial charge < -0.3 is 5.11 Å². The summed E-state index contributed by atoms with van der Waals surface area (Å²) >= 11 is 3.47. The summed E-state index contributed by atoms with van der Waals surface area (Å²) < 4.78 is 0.958. The fraction of sp³-hybridized carbons (Fsp3) is 0.357. The summed E-state index contributed by atoms with van der Waals surface area (Å²) in [5.74, 6) is 0.277. The lowest BCUT2D eigenvalue weighted by atomic mass is 9.90. The highest BCUT2D eigenvalue weighted by atomic mass is 79.9. The summed E-state index contributed by atoms with van der Waals surface area (Å²) in [5.41, 5.74) is 1.80. The molecule has 3 heteroatoms. The molecule has 0 radical (unpaired) electrons. The van der Waals surface area contributed by atoms with Gasteiger partial charge in [-0.15, -0.1) is 0 Å². The van der Waals surface area contributed by atoms with E-state index in [1.165, 1.54) is 0 Å². The fourth-order valence-corrected chi connectivity index (χ4v) is 2.29. The van der Waals surface area contributed by atoms with E-state index in [2.05, 4.69) is 41.7 Å². The maximum absolute atomic E-state index is 10.0. The van der Waals surface area contributed by atoms with Crippen molar-refractivity contribution >= 4 is 26.8 Å². The van der Waals surface area contributed by atoms with Crippen molar-refractivity contribution in [2.75, 3.05) is 0 Å². The second kappa shape index (κ2) is 4.30. The van der Waals surface area contributed by atoms with Crippen molar-refractivity contribution in [1.29, 1.82) is 0 Å². The molecule has 0 amide bonds. The second-order valence-corrected chi connectivity index (χ2v) is 6.35. The second-order valence-electron chi connectivity index (χ2n) is 5.50. The van der Waals surface area contributed by atoms with Crippen LogP contribution in [0.15, 0.2) is 28.7 Å². The number of hydrogen-bond donors (Lipinski definition) is 1. The first-order chi connectivity index (χ1) is 7.87. The molecule has 0 aliphatic heterocycles. The van der Waals surface area contributed by atoms with Crippen molar-refractivity contribution in [3.8, 4) is 5.75 Å². The zero-order valence-corrected chi connectivity index (χ0v) is 11.9. The first-order valence-electron chi connectivity index (χ1n) is 5.64. The summed E-state index contributed by atoms with van der Waals surface area (Å²) in [4.78, 5) is 4.54. The Morgan fingerprint density at radius 1 is 1.29 bits per heavy atom. The van der Waals surface area contributed by atoms with E-state index in [0.29, 0.717) is 0 Å². The normalized spacial score (nSPS) is 12.0. The van der Waals surface area contributed by atoms with Gasteiger partial charge >= 0.3 is 0 Å². The number of rotatable bonds is 1. The summed E-state index contributed by atoms with van der Waals surface area (Å²) in [5, 5.41) is 11.0. The molecule has 1 N–H and O–H groups in total. The van der Waals surface area contributed by atoms with Crippen LogP contribution in [-0.4, -0.2) is 10.1 Å². The molecule has 1 aromatic carbocycles. The van der Waals surface area contributed by atoms with Crippen molar-refractivity contribution in [2.24, 2.45) is 5.41 Å². The molecule has 17 heavy (non-hydrogen) atoms. The highest BCUT2D eigenvalue weighted by Gasteiger charge is 2.16. The van der Waals surface area contributed by atoms with Gasteiger partial charge in [0.1, 0.15) is 5.75 Å². The Balaban J connectivity index is 2.56. The molecule has 90 valence electrons. The van der Waals surface area contributed by atoms with Crippen LogP contribution in [0.3, 0.4) is 0 Å². The van der Waals surface area contributed by atoms with Crippen molar-refractivity contribution in [3.63, 3.8) is 0 Å². The lowest BCUT2D eigenvalue weighted by Gasteiger charge is -2.18. The highest BCUT2D eigenvalue weighted by Crippen LogP contribution is 2.31. The molecule has 0 aliphatic rings. The average Bonchev–Trinajstić information content (AvgIpc) is 2.19. The minimum atomic E-state index is 0.115. The maximum Gasteiger partial charge on any atom is 0.137 e. The summed E-state index contributed by atoms with van der Waals surface area (Å²) in [7, 11) is 0. The molecular formula is C14H16BrNO. The Hall–Kier alpha value is -1.09. The van der Waals surface area contributed by atoms with Crippen molar-refractivity contribution in [2.45, 2.75) is 27.2 Å². The van der Waals surface area contributed by atoms with Gasteiger partial charge in [-0.05, 0) is 30.0 Å². The lowest BCUT2D eigenvalue weighted by Crippen LogP contribution is -2.10. The zero-order valence-electron chi connectivity index (χ0n) is 10.3. The molecule has 2 aromatic rings. The van der Waals surface area contributed by atoms with Crippen LogP contribution >= 0.6 is 15.9 Å². The number of fused-ring (bicyclic) bond motifs is 1. The van der Waals surface area contributed by atoms with E-state index in [1.54, 1.807) is 6.07 Å². The summed E-state index contributed by atoms with van der Waals surface area (Å²) in [6, 6.07) is 7.66. The van der Waals surface area contributed by atoms with Gasteiger partial charge in [-0.3, -0.25) is 0 Å². The Kier molecular flexibility index (Phi) is 3.13. The first-order valence-corrected chi connectivity index (χ1v) is 6.43. The van der Waals surface area contributed by atoms with Crippen molar-refractivity contribution in [3.05, 3.63) is 34.4 Å². The monoisotopic (exact) mass is 293 g/mol. The van der Waals surface area contributed by atoms with Crippen LogP contribution in [0.4, 0.5) is 0 Å². The first kappa shape index (κ1) is 12.4. The van der Waals surface area contributed by atoms with Gasteiger partial charge in [0.15, 0.2) is 0 Å². The van der Waals surface area contributed by atoms with E-state index in [4.69, 9.17) is 0 Å². The molecule has 0 saturated carbocycles. The highest BCUT2D eigenvalue weighted by molar-refractivity contribution is 9.10. The summed E-state index contributed by atoms with van der Waals surface area (Å²) in [6.07, 6.45) is 0.765. The van der Waals surface area contributed by atoms with Gasteiger partial charge in [0.25, 0.3) is 0 Å². The largest absolute Gasteiger partial charge is 0.506 e. The predicted molar refractivity (Wildman–Crippen MR) is 74.3 cm³/mol. The van der Waals surface area contributed by atoms with E-state index >= 15 is 0 Å². The quantitative estimate of drug-likeness (QED) is 0.851. The Morgan fingerprint density at radius 3 is 2.65 bits per heavy atom. The van der Waals surface area contributed by atoms with Crippen LogP contribution < -0.4 is 0 Å². The number of halogens is 1. The van der Waals surface area contributed by atoms with E-state index < -0.39 is 0 Å². The molecule has 0 saturated heterocycles. The van der Waals surface area contributed by atoms with E-state index in [9.17, 15) is 5.11 Å². The van der Waals surface area contributed by atoms with Gasteiger partial charge in [0, 0.05) is 9.86 Å². The third-order valence-electron chi connectivity index (χ3n) is 2.56. The minimum Gasteiger partial charge on any atom is -0.506 e. The van der Waals surface area contributed by atoms with Gasteiger partial charge in [0.05, 0.1) is 11.2 Å². The molecular weight excluding hydrogens is 278 g/mol. The van der Waals surface area contributed by atoms with Crippen LogP contribution in [0.2, 0.25) is 0 Å². The number of hydrogen-bond acceptors (Lipinski definition) is 2. The van der Waals surface area contributed by atoms with Gasteiger partial charge in [0.2, 0.25) is 0 Å².